The number of halogens is 3. The van der Waals surface area contributed by atoms with E-state index in [1.54, 1.807) is 6.92 Å². The maximum absolute atomic E-state index is 12.8. The van der Waals surface area contributed by atoms with E-state index < -0.39 is 33.8 Å². The van der Waals surface area contributed by atoms with Crippen LogP contribution in [0.3, 0.4) is 0 Å². The first-order chi connectivity index (χ1) is 10.6. The molecule has 1 amide bonds. The van der Waals surface area contributed by atoms with Gasteiger partial charge in [-0.25, -0.2) is 0 Å². The van der Waals surface area contributed by atoms with E-state index in [4.69, 9.17) is 0 Å². The molecule has 1 saturated heterocycles. The van der Waals surface area contributed by atoms with Crippen LogP contribution in [0.5, 0.6) is 0 Å². The first kappa shape index (κ1) is 17.2. The Kier molecular flexibility index (Phi) is 4.60. The fourth-order valence-electron chi connectivity index (χ4n) is 2.64. The van der Waals surface area contributed by atoms with E-state index in [0.29, 0.717) is 31.8 Å². The van der Waals surface area contributed by atoms with Crippen molar-refractivity contribution in [2.75, 3.05) is 26.7 Å². The molecular weight excluding hydrogens is 315 g/mol. The van der Waals surface area contributed by atoms with E-state index in [-0.39, 0.29) is 6.04 Å². The van der Waals surface area contributed by atoms with Crippen molar-refractivity contribution in [1.29, 1.82) is 0 Å². The lowest BCUT2D eigenvalue weighted by molar-refractivity contribution is -0.385. The molecule has 0 N–H and O–H groups in total. The Hall–Kier alpha value is -2.16. The minimum Gasteiger partial charge on any atom is -0.333 e. The summed E-state index contributed by atoms with van der Waals surface area (Å²) in [7, 11) is 1.87. The number of carbonyl (C=O) groups is 1. The summed E-state index contributed by atoms with van der Waals surface area (Å²) in [6, 6.07) is 1.67. The lowest BCUT2D eigenvalue weighted by Gasteiger charge is -2.38. The molecule has 0 spiro atoms. The van der Waals surface area contributed by atoms with Crippen molar-refractivity contribution < 1.29 is 22.9 Å². The molecule has 6 nitrogen and oxygen atoms in total. The molecule has 1 atom stereocenters. The number of carbonyl (C=O) groups excluding carboxylic acids is 1. The zero-order chi connectivity index (χ0) is 17.4. The predicted molar refractivity (Wildman–Crippen MR) is 76.1 cm³/mol. The molecule has 9 heteroatoms. The molecule has 0 saturated carbocycles. The van der Waals surface area contributed by atoms with Crippen LogP contribution >= 0.6 is 0 Å². The number of nitrogens with zero attached hydrogens (tertiary/aromatic N) is 3. The van der Waals surface area contributed by atoms with E-state index >= 15 is 0 Å². The summed E-state index contributed by atoms with van der Waals surface area (Å²) in [6.45, 7) is 3.18. The maximum atomic E-state index is 12.8. The van der Waals surface area contributed by atoms with Gasteiger partial charge in [0.15, 0.2) is 0 Å². The number of rotatable bonds is 2. The van der Waals surface area contributed by atoms with Crippen LogP contribution in [-0.4, -0.2) is 53.4 Å². The molecule has 1 aliphatic heterocycles. The summed E-state index contributed by atoms with van der Waals surface area (Å²) < 4.78 is 38.5. The zero-order valence-corrected chi connectivity index (χ0v) is 12.6. The third kappa shape index (κ3) is 3.61. The molecule has 0 aromatic heterocycles. The van der Waals surface area contributed by atoms with Gasteiger partial charge in [0.05, 0.1) is 10.5 Å². The van der Waals surface area contributed by atoms with Crippen molar-refractivity contribution >= 4 is 11.6 Å². The molecule has 0 bridgehead atoms. The van der Waals surface area contributed by atoms with Crippen LogP contribution in [0.4, 0.5) is 18.9 Å². The van der Waals surface area contributed by atoms with Crippen molar-refractivity contribution in [2.24, 2.45) is 0 Å². The topological polar surface area (TPSA) is 66.7 Å². The Morgan fingerprint density at radius 2 is 2.00 bits per heavy atom. The third-order valence-corrected chi connectivity index (χ3v) is 3.84. The third-order valence-electron chi connectivity index (χ3n) is 3.84. The number of hydrogen-bond donors (Lipinski definition) is 0. The first-order valence-electron chi connectivity index (χ1n) is 6.96. The Labute approximate surface area is 130 Å². The van der Waals surface area contributed by atoms with Crippen molar-refractivity contribution in [2.45, 2.75) is 19.1 Å². The van der Waals surface area contributed by atoms with Gasteiger partial charge in [-0.2, -0.15) is 13.2 Å². The highest BCUT2D eigenvalue weighted by atomic mass is 19.4. The van der Waals surface area contributed by atoms with E-state index in [2.05, 4.69) is 0 Å². The van der Waals surface area contributed by atoms with Gasteiger partial charge in [-0.15, -0.1) is 0 Å². The van der Waals surface area contributed by atoms with E-state index in [0.717, 1.165) is 6.07 Å². The number of benzene rings is 1. The highest BCUT2D eigenvalue weighted by Crippen LogP contribution is 2.33. The number of amides is 1. The number of piperazine rings is 1. The largest absolute Gasteiger partial charge is 0.416 e. The molecule has 0 radical (unpaired) electrons. The second kappa shape index (κ2) is 6.15. The van der Waals surface area contributed by atoms with Crippen molar-refractivity contribution in [3.05, 3.63) is 39.4 Å². The normalized spacial score (nSPS) is 19.7. The standard InChI is InChI=1S/C14H16F3N3O3/c1-9-8-18(2)5-6-19(9)13(21)11-7-10(14(15,16)17)3-4-12(11)20(22)23/h3-4,7,9H,5-6,8H2,1-2H3. The highest BCUT2D eigenvalue weighted by molar-refractivity contribution is 5.98. The summed E-state index contributed by atoms with van der Waals surface area (Å²) in [5.74, 6) is -0.747. The SMILES string of the molecule is CC1CN(C)CCN1C(=O)c1cc(C(F)(F)F)ccc1[N+](=O)[O-]. The lowest BCUT2D eigenvalue weighted by Crippen LogP contribution is -2.52. The van der Waals surface area contributed by atoms with Crippen LogP contribution in [0.15, 0.2) is 18.2 Å². The second-order valence-corrected chi connectivity index (χ2v) is 5.60. The summed E-state index contributed by atoms with van der Waals surface area (Å²) in [6.07, 6.45) is -4.67. The molecule has 1 heterocycles. The van der Waals surface area contributed by atoms with E-state index in [1.807, 2.05) is 11.9 Å². The minimum atomic E-state index is -4.67. The molecule has 0 aliphatic carbocycles. The lowest BCUT2D eigenvalue weighted by atomic mass is 10.0. The quantitative estimate of drug-likeness (QED) is 0.616. The highest BCUT2D eigenvalue weighted by Gasteiger charge is 2.36. The number of hydrogen-bond acceptors (Lipinski definition) is 4. The van der Waals surface area contributed by atoms with Gasteiger partial charge >= 0.3 is 6.18 Å². The van der Waals surface area contributed by atoms with Gasteiger partial charge in [0.1, 0.15) is 5.56 Å². The summed E-state index contributed by atoms with van der Waals surface area (Å²) >= 11 is 0. The van der Waals surface area contributed by atoms with Gasteiger partial charge in [-0.05, 0) is 26.1 Å². The second-order valence-electron chi connectivity index (χ2n) is 5.60. The molecular formula is C14H16F3N3O3. The van der Waals surface area contributed by atoms with Crippen LogP contribution in [-0.2, 0) is 6.18 Å². The van der Waals surface area contributed by atoms with Gasteiger partial charge in [-0.3, -0.25) is 14.9 Å². The Bertz CT molecular complexity index is 633. The van der Waals surface area contributed by atoms with Crippen LogP contribution in [0, 0.1) is 10.1 Å². The fourth-order valence-corrected chi connectivity index (χ4v) is 2.64. The van der Waals surface area contributed by atoms with Gasteiger partial charge in [0.25, 0.3) is 11.6 Å². The molecule has 1 aliphatic rings. The monoisotopic (exact) mass is 331 g/mol. The van der Waals surface area contributed by atoms with Crippen molar-refractivity contribution in [3.63, 3.8) is 0 Å². The van der Waals surface area contributed by atoms with Gasteiger partial charge in [0, 0.05) is 31.7 Å². The van der Waals surface area contributed by atoms with Crippen LogP contribution in [0.1, 0.15) is 22.8 Å². The number of alkyl halides is 3. The number of likely N-dealkylation sites (N-methyl/N-ethyl adjacent to an activating group) is 1. The van der Waals surface area contributed by atoms with Crippen LogP contribution in [0.25, 0.3) is 0 Å². The summed E-state index contributed by atoms with van der Waals surface area (Å²) in [5.41, 5.74) is -2.22. The maximum Gasteiger partial charge on any atom is 0.416 e. The molecule has 1 fully saturated rings. The minimum absolute atomic E-state index is 0.240. The summed E-state index contributed by atoms with van der Waals surface area (Å²) in [4.78, 5) is 26.1. The molecule has 23 heavy (non-hydrogen) atoms. The zero-order valence-electron chi connectivity index (χ0n) is 12.6. The van der Waals surface area contributed by atoms with Gasteiger partial charge in [0.2, 0.25) is 0 Å². The average Bonchev–Trinajstić information content (AvgIpc) is 2.45. The Morgan fingerprint density at radius 3 is 2.52 bits per heavy atom. The smallest absolute Gasteiger partial charge is 0.333 e. The van der Waals surface area contributed by atoms with Crippen LogP contribution < -0.4 is 0 Å². The molecule has 1 aromatic carbocycles. The van der Waals surface area contributed by atoms with E-state index in [9.17, 15) is 28.1 Å². The Morgan fingerprint density at radius 1 is 1.35 bits per heavy atom. The number of nitro benzene ring substituents is 1. The van der Waals surface area contributed by atoms with Crippen molar-refractivity contribution in [1.82, 2.24) is 9.80 Å². The van der Waals surface area contributed by atoms with Crippen LogP contribution in [0.2, 0.25) is 0 Å². The van der Waals surface area contributed by atoms with Gasteiger partial charge in [-0.1, -0.05) is 0 Å². The molecule has 126 valence electrons. The van der Waals surface area contributed by atoms with Gasteiger partial charge < -0.3 is 9.80 Å². The van der Waals surface area contributed by atoms with E-state index in [1.165, 1.54) is 4.90 Å². The summed E-state index contributed by atoms with van der Waals surface area (Å²) in [5, 5.41) is 11.0. The van der Waals surface area contributed by atoms with Crippen molar-refractivity contribution in [3.8, 4) is 0 Å². The Balaban J connectivity index is 2.43. The fraction of sp³-hybridized carbons (Fsp3) is 0.500. The molecule has 1 aromatic rings. The average molecular weight is 331 g/mol. The predicted octanol–water partition coefficient (Wildman–Crippen LogP) is 2.39. The molecule has 2 rings (SSSR count). The first-order valence-corrected chi connectivity index (χ1v) is 6.96. The number of nitro groups is 1. The molecule has 1 unspecified atom stereocenters.